The Hall–Kier alpha value is -2.38. The normalized spacial score (nSPS) is 11.9. The van der Waals surface area contributed by atoms with Gasteiger partial charge in [0, 0.05) is 11.4 Å². The van der Waals surface area contributed by atoms with Crippen molar-refractivity contribution in [1.82, 2.24) is 9.36 Å². The van der Waals surface area contributed by atoms with Crippen LogP contribution in [0.4, 0.5) is 10.7 Å². The number of primary amides is 1. The molecule has 128 valence electrons. The molecule has 3 rings (SSSR count). The van der Waals surface area contributed by atoms with Crippen LogP contribution >= 0.6 is 23.3 Å². The number of amides is 1. The number of nitrogens with two attached hydrogens (primary N) is 1. The molecule has 0 fully saturated rings. The van der Waals surface area contributed by atoms with E-state index < -0.39 is 5.91 Å². The molecule has 0 saturated carbocycles. The maximum Gasteiger partial charge on any atom is 0.254 e. The number of thioether (sulfide) groups is 1. The molecular weight excluding hydrogens is 352 g/mol. The number of nitrogens with zero attached hydrogens (tertiary/aromatic N) is 2. The number of hydrogen-bond acceptors (Lipinski definition) is 6. The highest BCUT2D eigenvalue weighted by Gasteiger charge is 2.22. The first-order valence-corrected chi connectivity index (χ1v) is 9.52. The van der Waals surface area contributed by atoms with Gasteiger partial charge in [0.1, 0.15) is 15.6 Å². The zero-order chi connectivity index (χ0) is 17.6. The molecule has 0 radical (unpaired) electrons. The van der Waals surface area contributed by atoms with Crippen LogP contribution in [0.3, 0.4) is 0 Å². The van der Waals surface area contributed by atoms with E-state index in [0.717, 1.165) is 12.1 Å². The van der Waals surface area contributed by atoms with Crippen LogP contribution in [0, 0.1) is 0 Å². The van der Waals surface area contributed by atoms with Crippen LogP contribution in [0.15, 0.2) is 59.9 Å². The second-order valence-electron chi connectivity index (χ2n) is 5.35. The Morgan fingerprint density at radius 3 is 2.72 bits per heavy atom. The number of anilines is 2. The summed E-state index contributed by atoms with van der Waals surface area (Å²) >= 11 is 2.81. The molecule has 1 atom stereocenters. The first kappa shape index (κ1) is 17.4. The number of pyridine rings is 1. The lowest BCUT2D eigenvalue weighted by molar-refractivity contribution is 0.0998. The summed E-state index contributed by atoms with van der Waals surface area (Å²) in [5.41, 5.74) is 8.07. The van der Waals surface area contributed by atoms with E-state index in [9.17, 15) is 4.79 Å². The highest BCUT2D eigenvalue weighted by atomic mass is 32.2. The predicted octanol–water partition coefficient (Wildman–Crippen LogP) is 4.62. The van der Waals surface area contributed by atoms with E-state index in [2.05, 4.69) is 33.7 Å². The van der Waals surface area contributed by atoms with Gasteiger partial charge in [-0.1, -0.05) is 49.0 Å². The molecule has 25 heavy (non-hydrogen) atoms. The molecular formula is C18H18N4OS2. The Morgan fingerprint density at radius 2 is 2.08 bits per heavy atom. The minimum absolute atomic E-state index is 0.215. The van der Waals surface area contributed by atoms with Crippen LogP contribution in [0.5, 0.6) is 0 Å². The van der Waals surface area contributed by atoms with E-state index in [1.165, 1.54) is 17.1 Å². The average molecular weight is 371 g/mol. The van der Waals surface area contributed by atoms with Crippen LogP contribution in [-0.4, -0.2) is 15.3 Å². The molecule has 0 aliphatic heterocycles. The molecule has 3 N–H and O–H groups in total. The Balaban J connectivity index is 1.87. The average Bonchev–Trinajstić information content (AvgIpc) is 3.03. The Kier molecular flexibility index (Phi) is 5.67. The van der Waals surface area contributed by atoms with Gasteiger partial charge in [-0.05, 0) is 35.6 Å². The number of aromatic nitrogens is 2. The molecule has 0 saturated heterocycles. The maximum atomic E-state index is 12.0. The largest absolute Gasteiger partial charge is 0.365 e. The molecule has 0 aliphatic rings. The van der Waals surface area contributed by atoms with Gasteiger partial charge in [-0.3, -0.25) is 9.78 Å². The van der Waals surface area contributed by atoms with Crippen LogP contribution in [0.1, 0.15) is 34.5 Å². The maximum absolute atomic E-state index is 12.0. The van der Waals surface area contributed by atoms with Crippen molar-refractivity contribution in [3.05, 3.63) is 66.0 Å². The second-order valence-corrected chi connectivity index (χ2v) is 7.31. The third-order valence-corrected chi connectivity index (χ3v) is 5.91. The first-order valence-electron chi connectivity index (χ1n) is 7.87. The van der Waals surface area contributed by atoms with Crippen molar-refractivity contribution in [2.75, 3.05) is 5.32 Å². The number of rotatable bonds is 7. The highest BCUT2D eigenvalue weighted by Crippen LogP contribution is 2.42. The van der Waals surface area contributed by atoms with E-state index in [4.69, 9.17) is 5.73 Å². The molecule has 3 aromatic rings. The van der Waals surface area contributed by atoms with Gasteiger partial charge < -0.3 is 11.1 Å². The molecule has 2 aromatic heterocycles. The number of nitrogens with one attached hydrogen (secondary N) is 1. The van der Waals surface area contributed by atoms with Crippen molar-refractivity contribution in [1.29, 1.82) is 0 Å². The molecule has 0 spiro atoms. The summed E-state index contributed by atoms with van der Waals surface area (Å²) in [6, 6.07) is 13.9. The third-order valence-electron chi connectivity index (χ3n) is 3.62. The third kappa shape index (κ3) is 4.18. The summed E-state index contributed by atoms with van der Waals surface area (Å²) in [6.45, 7) is 2.12. The van der Waals surface area contributed by atoms with Crippen molar-refractivity contribution < 1.29 is 4.79 Å². The summed E-state index contributed by atoms with van der Waals surface area (Å²) in [7, 11) is 0. The first-order chi connectivity index (χ1) is 12.2. The van der Waals surface area contributed by atoms with Crippen molar-refractivity contribution in [3.8, 4) is 0 Å². The van der Waals surface area contributed by atoms with Gasteiger partial charge >= 0.3 is 0 Å². The van der Waals surface area contributed by atoms with Gasteiger partial charge in [-0.25, -0.2) is 0 Å². The van der Waals surface area contributed by atoms with Gasteiger partial charge in [0.05, 0.1) is 11.9 Å². The van der Waals surface area contributed by atoms with Gasteiger partial charge in [0.2, 0.25) is 0 Å². The number of carbonyl (C=O) groups is 1. The SMILES string of the molecule is CCC(Sc1nsc(Nc2cccnc2)c1C(N)=O)c1ccccc1. The van der Waals surface area contributed by atoms with Crippen LogP contribution in [0.25, 0.3) is 0 Å². The molecule has 1 aromatic carbocycles. The predicted molar refractivity (Wildman–Crippen MR) is 103 cm³/mol. The number of hydrogen-bond donors (Lipinski definition) is 2. The summed E-state index contributed by atoms with van der Waals surface area (Å²) in [5.74, 6) is -0.481. The molecule has 1 amide bonds. The van der Waals surface area contributed by atoms with Crippen LogP contribution in [-0.2, 0) is 0 Å². The fraction of sp³-hybridized carbons (Fsp3) is 0.167. The van der Waals surface area contributed by atoms with E-state index in [0.29, 0.717) is 15.6 Å². The van der Waals surface area contributed by atoms with Crippen molar-refractivity contribution in [3.63, 3.8) is 0 Å². The fourth-order valence-electron chi connectivity index (χ4n) is 2.42. The molecule has 0 bridgehead atoms. The van der Waals surface area contributed by atoms with Crippen molar-refractivity contribution in [2.45, 2.75) is 23.6 Å². The number of carbonyl (C=O) groups excluding carboxylic acids is 1. The van der Waals surface area contributed by atoms with Crippen molar-refractivity contribution >= 4 is 39.9 Å². The van der Waals surface area contributed by atoms with Crippen molar-refractivity contribution in [2.24, 2.45) is 5.73 Å². The molecule has 2 heterocycles. The Morgan fingerprint density at radius 1 is 1.28 bits per heavy atom. The van der Waals surface area contributed by atoms with E-state index in [1.54, 1.807) is 24.2 Å². The van der Waals surface area contributed by atoms with E-state index in [-0.39, 0.29) is 5.25 Å². The Bertz CT molecular complexity index is 837. The standard InChI is InChI=1S/C18H18N4OS2/c1-2-14(12-7-4-3-5-8-12)24-18-15(16(19)23)17(25-22-18)21-13-9-6-10-20-11-13/h3-11,14,21H,2H2,1H3,(H2,19,23). The second kappa shape index (κ2) is 8.13. The smallest absolute Gasteiger partial charge is 0.254 e. The topological polar surface area (TPSA) is 80.9 Å². The lowest BCUT2D eigenvalue weighted by atomic mass is 10.1. The molecule has 5 nitrogen and oxygen atoms in total. The van der Waals surface area contributed by atoms with Gasteiger partial charge in [0.25, 0.3) is 5.91 Å². The van der Waals surface area contributed by atoms with Crippen LogP contribution < -0.4 is 11.1 Å². The summed E-state index contributed by atoms with van der Waals surface area (Å²) in [4.78, 5) is 16.1. The molecule has 1 unspecified atom stereocenters. The van der Waals surface area contributed by atoms with Crippen LogP contribution in [0.2, 0.25) is 0 Å². The van der Waals surface area contributed by atoms with Gasteiger partial charge in [-0.2, -0.15) is 4.37 Å². The lowest BCUT2D eigenvalue weighted by Crippen LogP contribution is -2.13. The molecule has 0 aliphatic carbocycles. The summed E-state index contributed by atoms with van der Waals surface area (Å²) < 4.78 is 4.47. The van der Waals surface area contributed by atoms with E-state index in [1.807, 2.05) is 30.3 Å². The minimum atomic E-state index is -0.481. The lowest BCUT2D eigenvalue weighted by Gasteiger charge is -2.14. The van der Waals surface area contributed by atoms with Gasteiger partial charge in [0.15, 0.2) is 0 Å². The zero-order valence-corrected chi connectivity index (χ0v) is 15.3. The summed E-state index contributed by atoms with van der Waals surface area (Å²) in [6.07, 6.45) is 4.31. The monoisotopic (exact) mass is 370 g/mol. The van der Waals surface area contributed by atoms with E-state index >= 15 is 0 Å². The number of benzene rings is 1. The van der Waals surface area contributed by atoms with Gasteiger partial charge in [-0.15, -0.1) is 0 Å². The molecule has 7 heteroatoms. The zero-order valence-electron chi connectivity index (χ0n) is 13.7. The Labute approximate surface area is 154 Å². The summed E-state index contributed by atoms with van der Waals surface area (Å²) in [5, 5.41) is 4.71. The highest BCUT2D eigenvalue weighted by molar-refractivity contribution is 7.99. The fourth-order valence-corrected chi connectivity index (χ4v) is 4.53. The quantitative estimate of drug-likeness (QED) is 0.593. The minimum Gasteiger partial charge on any atom is -0.365 e.